The third-order valence-electron chi connectivity index (χ3n) is 3.76. The Morgan fingerprint density at radius 1 is 0.962 bits per heavy atom. The van der Waals surface area contributed by atoms with Crippen molar-refractivity contribution in [1.29, 1.82) is 0 Å². The average Bonchev–Trinajstić information content (AvgIpc) is 2.67. The first-order valence-corrected chi connectivity index (χ1v) is 7.77. The van der Waals surface area contributed by atoms with Gasteiger partial charge in [-0.3, -0.25) is 4.79 Å². The van der Waals surface area contributed by atoms with Crippen molar-refractivity contribution in [3.05, 3.63) is 53.6 Å². The molecule has 0 spiro atoms. The topological polar surface area (TPSA) is 91.3 Å². The Balaban J connectivity index is 2.25. The van der Waals surface area contributed by atoms with Gasteiger partial charge in [0.05, 0.1) is 33.5 Å². The molecule has 0 saturated heterocycles. The van der Waals surface area contributed by atoms with Crippen molar-refractivity contribution in [2.24, 2.45) is 0 Å². The van der Waals surface area contributed by atoms with E-state index in [0.717, 1.165) is 0 Å². The zero-order chi connectivity index (χ0) is 19.1. The van der Waals surface area contributed by atoms with Gasteiger partial charge in [-0.25, -0.2) is 4.79 Å². The fourth-order valence-electron chi connectivity index (χ4n) is 2.42. The number of hydrogen-bond acceptors (Lipinski definition) is 7. The minimum absolute atomic E-state index is 0.0533. The third kappa shape index (κ3) is 4.12. The van der Waals surface area contributed by atoms with Crippen molar-refractivity contribution in [2.45, 2.75) is 5.92 Å². The predicted molar refractivity (Wildman–Crippen MR) is 92.8 cm³/mol. The highest BCUT2D eigenvalue weighted by Gasteiger charge is 2.26. The fraction of sp³-hybridized carbons (Fsp3) is 0.263. The maximum Gasteiger partial charge on any atom is 0.346 e. The summed E-state index contributed by atoms with van der Waals surface area (Å²) in [4.78, 5) is 24.7. The molecule has 1 unspecified atom stereocenters. The molecule has 1 N–H and O–H groups in total. The van der Waals surface area contributed by atoms with E-state index in [0.29, 0.717) is 11.3 Å². The molecule has 0 fully saturated rings. The first kappa shape index (κ1) is 19.3. The van der Waals surface area contributed by atoms with Crippen LogP contribution in [0.5, 0.6) is 17.2 Å². The lowest BCUT2D eigenvalue weighted by Gasteiger charge is -2.15. The van der Waals surface area contributed by atoms with Crippen molar-refractivity contribution in [2.75, 3.05) is 27.9 Å². The first-order valence-electron chi connectivity index (χ1n) is 7.77. The molecule has 1 atom stereocenters. The quantitative estimate of drug-likeness (QED) is 0.598. The van der Waals surface area contributed by atoms with E-state index in [1.54, 1.807) is 30.3 Å². The van der Waals surface area contributed by atoms with Gasteiger partial charge < -0.3 is 24.1 Å². The highest BCUT2D eigenvalue weighted by molar-refractivity contribution is 5.99. The Morgan fingerprint density at radius 2 is 1.54 bits per heavy atom. The highest BCUT2D eigenvalue weighted by atomic mass is 16.6. The Bertz CT molecular complexity index is 746. The van der Waals surface area contributed by atoms with Gasteiger partial charge in [0.25, 0.3) is 0 Å². The van der Waals surface area contributed by atoms with Crippen molar-refractivity contribution in [1.82, 2.24) is 0 Å². The molecule has 0 amide bonds. The highest BCUT2D eigenvalue weighted by Crippen LogP contribution is 2.38. The second kappa shape index (κ2) is 8.87. The summed E-state index contributed by atoms with van der Waals surface area (Å²) < 4.78 is 20.5. The minimum atomic E-state index is -0.956. The summed E-state index contributed by atoms with van der Waals surface area (Å²) in [5.74, 6) is -1.86. The number of esters is 2. The fourth-order valence-corrected chi connectivity index (χ4v) is 2.42. The largest absolute Gasteiger partial charge is 0.493 e. The molecule has 0 aromatic heterocycles. The molecule has 7 nitrogen and oxygen atoms in total. The van der Waals surface area contributed by atoms with E-state index in [-0.39, 0.29) is 17.1 Å². The molecule has 0 heterocycles. The van der Waals surface area contributed by atoms with Crippen LogP contribution in [0.4, 0.5) is 0 Å². The molecule has 2 aromatic carbocycles. The average molecular weight is 360 g/mol. The van der Waals surface area contributed by atoms with Crippen LogP contribution in [0.2, 0.25) is 0 Å². The molecular weight excluding hydrogens is 340 g/mol. The maximum absolute atomic E-state index is 12.4. The van der Waals surface area contributed by atoms with Crippen LogP contribution in [-0.4, -0.2) is 45.0 Å². The number of hydrogen-bond donors (Lipinski definition) is 1. The van der Waals surface area contributed by atoms with E-state index >= 15 is 0 Å². The van der Waals surface area contributed by atoms with Crippen LogP contribution >= 0.6 is 0 Å². The monoisotopic (exact) mass is 360 g/mol. The number of carbonyl (C=O) groups is 2. The van der Waals surface area contributed by atoms with Crippen LogP contribution < -0.4 is 14.2 Å². The van der Waals surface area contributed by atoms with Crippen LogP contribution in [0, 0.1) is 0 Å². The molecule has 2 aromatic rings. The third-order valence-corrected chi connectivity index (χ3v) is 3.76. The summed E-state index contributed by atoms with van der Waals surface area (Å²) in [6.07, 6.45) is 0. The maximum atomic E-state index is 12.4. The van der Waals surface area contributed by atoms with Gasteiger partial charge >= 0.3 is 11.9 Å². The Labute approximate surface area is 151 Å². The molecule has 0 aliphatic carbocycles. The zero-order valence-corrected chi connectivity index (χ0v) is 14.7. The van der Waals surface area contributed by atoms with Gasteiger partial charge in [-0.1, -0.05) is 30.3 Å². The summed E-state index contributed by atoms with van der Waals surface area (Å²) in [6.45, 7) is -0.481. The smallest absolute Gasteiger partial charge is 0.346 e. The second-order valence-corrected chi connectivity index (χ2v) is 5.27. The molecule has 0 saturated carbocycles. The van der Waals surface area contributed by atoms with Crippen LogP contribution in [0.25, 0.3) is 0 Å². The second-order valence-electron chi connectivity index (χ2n) is 5.27. The van der Waals surface area contributed by atoms with E-state index < -0.39 is 24.5 Å². The van der Waals surface area contributed by atoms with Crippen molar-refractivity contribution < 1.29 is 33.6 Å². The normalized spacial score (nSPS) is 11.4. The number of benzene rings is 2. The van der Waals surface area contributed by atoms with Crippen LogP contribution in [0.3, 0.4) is 0 Å². The van der Waals surface area contributed by atoms with Crippen molar-refractivity contribution in [3.8, 4) is 17.2 Å². The van der Waals surface area contributed by atoms with Gasteiger partial charge in [-0.2, -0.15) is 0 Å². The lowest BCUT2D eigenvalue weighted by Crippen LogP contribution is -2.22. The molecule has 0 bridgehead atoms. The Hall–Kier alpha value is -3.06. The number of aliphatic hydroxyl groups is 1. The van der Waals surface area contributed by atoms with E-state index in [4.69, 9.17) is 18.9 Å². The number of rotatable bonds is 7. The van der Waals surface area contributed by atoms with Crippen LogP contribution in [-0.2, 0) is 9.53 Å². The molecular formula is C19H20O7. The van der Waals surface area contributed by atoms with Gasteiger partial charge in [-0.15, -0.1) is 0 Å². The number of carbonyl (C=O) groups excluding carboxylic acids is 2. The molecule has 2 rings (SSSR count). The first-order chi connectivity index (χ1) is 12.5. The van der Waals surface area contributed by atoms with Gasteiger partial charge in [0.1, 0.15) is 5.92 Å². The summed E-state index contributed by atoms with van der Waals surface area (Å²) >= 11 is 0. The Morgan fingerprint density at radius 3 is 2.00 bits per heavy atom. The lowest BCUT2D eigenvalue weighted by atomic mass is 10.0. The summed E-state index contributed by atoms with van der Waals surface area (Å²) in [5, 5.41) is 9.50. The molecule has 26 heavy (non-hydrogen) atoms. The zero-order valence-electron chi connectivity index (χ0n) is 14.7. The van der Waals surface area contributed by atoms with Crippen molar-refractivity contribution in [3.63, 3.8) is 0 Å². The lowest BCUT2D eigenvalue weighted by molar-refractivity contribution is -0.140. The van der Waals surface area contributed by atoms with Gasteiger partial charge in [0.15, 0.2) is 11.5 Å². The van der Waals surface area contributed by atoms with Crippen LogP contribution in [0.1, 0.15) is 21.8 Å². The molecule has 0 aliphatic heterocycles. The molecule has 0 radical (unpaired) electrons. The number of aliphatic hydroxyl groups excluding tert-OH is 1. The minimum Gasteiger partial charge on any atom is -0.493 e. The van der Waals surface area contributed by atoms with E-state index in [2.05, 4.69) is 0 Å². The van der Waals surface area contributed by atoms with E-state index in [9.17, 15) is 14.7 Å². The number of methoxy groups -OCH3 is 3. The SMILES string of the molecule is COc1cc(C(=O)OC(=O)C(CO)c2ccccc2)cc(OC)c1OC. The molecule has 138 valence electrons. The van der Waals surface area contributed by atoms with Gasteiger partial charge in [0, 0.05) is 0 Å². The summed E-state index contributed by atoms with van der Waals surface area (Å²) in [7, 11) is 4.26. The molecule has 7 heteroatoms. The van der Waals surface area contributed by atoms with E-state index in [1.807, 2.05) is 0 Å². The number of ether oxygens (including phenoxy) is 4. The van der Waals surface area contributed by atoms with Gasteiger partial charge in [-0.05, 0) is 17.7 Å². The van der Waals surface area contributed by atoms with E-state index in [1.165, 1.54) is 33.5 Å². The van der Waals surface area contributed by atoms with Crippen molar-refractivity contribution >= 4 is 11.9 Å². The standard InChI is InChI=1S/C19H20O7/c1-23-15-9-13(10-16(24-2)17(15)25-3)18(21)26-19(22)14(11-20)12-7-5-4-6-8-12/h4-10,14,20H,11H2,1-3H3. The summed E-state index contributed by atoms with van der Waals surface area (Å²) in [5.41, 5.74) is 0.607. The molecule has 0 aliphatic rings. The summed E-state index contributed by atoms with van der Waals surface area (Å²) in [6, 6.07) is 11.3. The Kier molecular flexibility index (Phi) is 6.57. The van der Waals surface area contributed by atoms with Crippen LogP contribution in [0.15, 0.2) is 42.5 Å². The van der Waals surface area contributed by atoms with Gasteiger partial charge in [0.2, 0.25) is 5.75 Å². The predicted octanol–water partition coefficient (Wildman–Crippen LogP) is 2.17.